The number of methoxy groups -OCH3 is 2. The van der Waals surface area contributed by atoms with Crippen LogP contribution >= 0.6 is 0 Å². The number of aromatic amines is 1. The molecule has 0 spiro atoms. The summed E-state index contributed by atoms with van der Waals surface area (Å²) >= 11 is 0. The van der Waals surface area contributed by atoms with Gasteiger partial charge in [0.15, 0.2) is 0 Å². The van der Waals surface area contributed by atoms with Crippen LogP contribution in [0.25, 0.3) is 10.9 Å². The fourth-order valence-corrected chi connectivity index (χ4v) is 5.94. The maximum Gasteiger partial charge on any atom is 0.319 e. The number of H-pyrrole nitrogens is 1. The molecule has 30 heavy (non-hydrogen) atoms. The number of hydrogen-bond donors (Lipinski definition) is 2. The quantitative estimate of drug-likeness (QED) is 0.710. The fraction of sp³-hybridized carbons (Fsp3) is 0.625. The van der Waals surface area contributed by atoms with Crippen LogP contribution in [0.3, 0.4) is 0 Å². The van der Waals surface area contributed by atoms with Crippen LogP contribution in [0.2, 0.25) is 0 Å². The van der Waals surface area contributed by atoms with E-state index >= 15 is 0 Å². The average Bonchev–Trinajstić information content (AvgIpc) is 3.08. The molecule has 5 atom stereocenters. The summed E-state index contributed by atoms with van der Waals surface area (Å²) in [7, 11) is 3.18. The lowest BCUT2D eigenvalue weighted by Gasteiger charge is -2.48. The number of fused-ring (bicyclic) bond motifs is 6. The van der Waals surface area contributed by atoms with Crippen molar-refractivity contribution < 1.29 is 19.4 Å². The Morgan fingerprint density at radius 3 is 2.90 bits per heavy atom. The summed E-state index contributed by atoms with van der Waals surface area (Å²) in [6.07, 6.45) is 3.47. The Labute approximate surface area is 178 Å². The SMILES string of the molecule is COC(=O)C12C[C@H](CC(C)CCO)CN(CCc3c1[nH]c1ccc(OC)cc31)C2C. The minimum Gasteiger partial charge on any atom is -0.497 e. The van der Waals surface area contributed by atoms with Crippen LogP contribution in [0.1, 0.15) is 44.4 Å². The van der Waals surface area contributed by atoms with Gasteiger partial charge in [-0.3, -0.25) is 9.69 Å². The van der Waals surface area contributed by atoms with Crippen LogP contribution in [0.5, 0.6) is 5.75 Å². The molecule has 4 rings (SSSR count). The number of aliphatic hydroxyl groups excluding tert-OH is 1. The molecule has 0 radical (unpaired) electrons. The van der Waals surface area contributed by atoms with E-state index in [-0.39, 0.29) is 18.6 Å². The van der Waals surface area contributed by atoms with Crippen LogP contribution in [0.4, 0.5) is 0 Å². The van der Waals surface area contributed by atoms with Crippen LogP contribution in [0, 0.1) is 11.8 Å². The number of ether oxygens (including phenoxy) is 2. The summed E-state index contributed by atoms with van der Waals surface area (Å²) < 4.78 is 10.9. The van der Waals surface area contributed by atoms with E-state index in [1.165, 1.54) is 12.7 Å². The smallest absolute Gasteiger partial charge is 0.319 e. The Balaban J connectivity index is 1.84. The van der Waals surface area contributed by atoms with E-state index in [0.717, 1.165) is 61.1 Å². The number of nitrogens with one attached hydrogen (secondary N) is 1. The van der Waals surface area contributed by atoms with Crippen LogP contribution < -0.4 is 4.74 Å². The van der Waals surface area contributed by atoms with Crippen molar-refractivity contribution in [3.8, 4) is 5.75 Å². The predicted molar refractivity (Wildman–Crippen MR) is 117 cm³/mol. The first-order valence-electron chi connectivity index (χ1n) is 11.1. The van der Waals surface area contributed by atoms with Crippen molar-refractivity contribution in [2.75, 3.05) is 33.9 Å². The molecule has 1 aromatic carbocycles. The van der Waals surface area contributed by atoms with Crippen molar-refractivity contribution in [2.24, 2.45) is 11.8 Å². The normalized spacial score (nSPS) is 29.2. The van der Waals surface area contributed by atoms with Crippen LogP contribution in [-0.2, 0) is 21.4 Å². The van der Waals surface area contributed by atoms with Gasteiger partial charge in [-0.1, -0.05) is 6.92 Å². The zero-order valence-electron chi connectivity index (χ0n) is 18.5. The van der Waals surface area contributed by atoms with Gasteiger partial charge < -0.3 is 19.6 Å². The number of nitrogens with zero attached hydrogens (tertiary/aromatic N) is 1. The zero-order chi connectivity index (χ0) is 21.5. The highest BCUT2D eigenvalue weighted by atomic mass is 16.5. The third-order valence-corrected chi connectivity index (χ3v) is 7.48. The molecule has 0 saturated carbocycles. The van der Waals surface area contributed by atoms with Gasteiger partial charge in [0.25, 0.3) is 0 Å². The number of piperidine rings is 1. The first-order valence-corrected chi connectivity index (χ1v) is 11.1. The van der Waals surface area contributed by atoms with Gasteiger partial charge >= 0.3 is 5.97 Å². The second-order valence-corrected chi connectivity index (χ2v) is 9.20. The van der Waals surface area contributed by atoms with Gasteiger partial charge in [0.1, 0.15) is 11.2 Å². The van der Waals surface area contributed by atoms with Gasteiger partial charge in [-0.05, 0) is 68.2 Å². The maximum atomic E-state index is 13.4. The Morgan fingerprint density at radius 1 is 1.40 bits per heavy atom. The molecule has 2 N–H and O–H groups in total. The standard InChI is InChI=1S/C24H34N2O4/c1-15(8-10-27)11-17-13-24(23(28)30-4)16(2)26(14-17)9-7-19-20-12-18(29-3)5-6-21(20)25-22(19)24/h5-6,12,15-17,25,27H,7-11,13-14H2,1-4H3/t15?,16?,17-,24?/m0/s1. The molecule has 2 aliphatic heterocycles. The predicted octanol–water partition coefficient (Wildman–Crippen LogP) is 3.26. The molecular weight excluding hydrogens is 380 g/mol. The third-order valence-electron chi connectivity index (χ3n) is 7.48. The number of aliphatic hydroxyl groups is 1. The van der Waals surface area contributed by atoms with Crippen molar-refractivity contribution in [3.63, 3.8) is 0 Å². The molecule has 2 aromatic rings. The number of carbonyl (C=O) groups excluding carboxylic acids is 1. The van der Waals surface area contributed by atoms with Crippen molar-refractivity contribution in [3.05, 3.63) is 29.5 Å². The number of esters is 1. The highest BCUT2D eigenvalue weighted by Gasteiger charge is 2.56. The fourth-order valence-electron chi connectivity index (χ4n) is 5.94. The van der Waals surface area contributed by atoms with E-state index in [0.29, 0.717) is 11.8 Å². The van der Waals surface area contributed by atoms with E-state index in [2.05, 4.69) is 29.8 Å². The van der Waals surface area contributed by atoms with E-state index in [1.807, 2.05) is 12.1 Å². The lowest BCUT2D eigenvalue weighted by molar-refractivity contribution is -0.154. The Morgan fingerprint density at radius 2 is 2.20 bits per heavy atom. The van der Waals surface area contributed by atoms with E-state index in [1.54, 1.807) is 7.11 Å². The highest BCUT2D eigenvalue weighted by molar-refractivity contribution is 5.92. The second-order valence-electron chi connectivity index (χ2n) is 9.20. The molecule has 3 heterocycles. The van der Waals surface area contributed by atoms with Gasteiger partial charge in [0, 0.05) is 42.3 Å². The molecular formula is C24H34N2O4. The molecule has 6 heteroatoms. The van der Waals surface area contributed by atoms with E-state index in [4.69, 9.17) is 9.47 Å². The van der Waals surface area contributed by atoms with Crippen molar-refractivity contribution in [1.29, 1.82) is 0 Å². The van der Waals surface area contributed by atoms with Gasteiger partial charge in [-0.25, -0.2) is 0 Å². The van der Waals surface area contributed by atoms with Gasteiger partial charge in [0.05, 0.1) is 14.2 Å². The minimum atomic E-state index is -0.714. The molecule has 4 unspecified atom stereocenters. The largest absolute Gasteiger partial charge is 0.497 e. The number of benzene rings is 1. The van der Waals surface area contributed by atoms with Crippen molar-refractivity contribution >= 4 is 16.9 Å². The lowest BCUT2D eigenvalue weighted by atomic mass is 9.66. The van der Waals surface area contributed by atoms with Crippen LogP contribution in [0.15, 0.2) is 18.2 Å². The highest BCUT2D eigenvalue weighted by Crippen LogP contribution is 2.48. The molecule has 6 nitrogen and oxygen atoms in total. The monoisotopic (exact) mass is 414 g/mol. The first kappa shape index (κ1) is 21.2. The topological polar surface area (TPSA) is 74.8 Å². The Hall–Kier alpha value is -2.05. The minimum absolute atomic E-state index is 0.0607. The van der Waals surface area contributed by atoms with Gasteiger partial charge in [0.2, 0.25) is 0 Å². The summed E-state index contributed by atoms with van der Waals surface area (Å²) in [5.74, 6) is 1.49. The molecule has 1 fully saturated rings. The molecule has 1 aromatic heterocycles. The summed E-state index contributed by atoms with van der Waals surface area (Å²) in [6.45, 7) is 6.48. The Kier molecular flexibility index (Phi) is 5.82. The molecule has 2 bridgehead atoms. The Bertz CT molecular complexity index is 923. The zero-order valence-corrected chi connectivity index (χ0v) is 18.5. The summed E-state index contributed by atoms with van der Waals surface area (Å²) in [6, 6.07) is 6.13. The number of aromatic nitrogens is 1. The molecule has 0 aliphatic carbocycles. The van der Waals surface area contributed by atoms with E-state index < -0.39 is 5.41 Å². The number of carbonyl (C=O) groups is 1. The molecule has 2 aliphatic rings. The molecule has 0 amide bonds. The number of rotatable bonds is 6. The van der Waals surface area contributed by atoms with Crippen molar-refractivity contribution in [2.45, 2.75) is 51.0 Å². The van der Waals surface area contributed by atoms with Crippen molar-refractivity contribution in [1.82, 2.24) is 9.88 Å². The lowest BCUT2D eigenvalue weighted by Crippen LogP contribution is -2.59. The second kappa shape index (κ2) is 8.23. The summed E-state index contributed by atoms with van der Waals surface area (Å²) in [4.78, 5) is 19.5. The number of hydrogen-bond acceptors (Lipinski definition) is 5. The first-order chi connectivity index (χ1) is 14.4. The molecule has 1 saturated heterocycles. The van der Waals surface area contributed by atoms with Gasteiger partial charge in [-0.15, -0.1) is 0 Å². The maximum absolute atomic E-state index is 13.4. The van der Waals surface area contributed by atoms with Gasteiger partial charge in [-0.2, -0.15) is 0 Å². The van der Waals surface area contributed by atoms with E-state index in [9.17, 15) is 9.90 Å². The summed E-state index contributed by atoms with van der Waals surface area (Å²) in [5, 5.41) is 10.5. The third kappa shape index (κ3) is 3.30. The summed E-state index contributed by atoms with van der Waals surface area (Å²) in [5.41, 5.74) is 2.56. The van der Waals surface area contributed by atoms with Crippen LogP contribution in [-0.4, -0.2) is 60.9 Å². The average molecular weight is 415 g/mol. The molecule has 164 valence electrons.